The van der Waals surface area contributed by atoms with Crippen molar-refractivity contribution in [2.45, 2.75) is 84.0 Å². The molecule has 1 aromatic heterocycles. The van der Waals surface area contributed by atoms with Gasteiger partial charge in [-0.3, -0.25) is 14.6 Å². The van der Waals surface area contributed by atoms with E-state index in [0.29, 0.717) is 31.0 Å². The molecule has 13 heteroatoms. The van der Waals surface area contributed by atoms with E-state index in [1.165, 1.54) is 14.2 Å². The van der Waals surface area contributed by atoms with Gasteiger partial charge in [-0.2, -0.15) is 0 Å². The van der Waals surface area contributed by atoms with Crippen LogP contribution in [0.15, 0.2) is 59.4 Å². The number of imidazole rings is 1. The summed E-state index contributed by atoms with van der Waals surface area (Å²) in [7, 11) is 2.57. The van der Waals surface area contributed by atoms with E-state index >= 15 is 0 Å². The first-order valence-corrected chi connectivity index (χ1v) is 19.1. The van der Waals surface area contributed by atoms with Crippen molar-refractivity contribution in [3.05, 3.63) is 77.0 Å². The zero-order chi connectivity index (χ0) is 39.9. The summed E-state index contributed by atoms with van der Waals surface area (Å²) in [6.07, 6.45) is 6.09. The second-order valence-electron chi connectivity index (χ2n) is 15.0. The van der Waals surface area contributed by atoms with Gasteiger partial charge >= 0.3 is 12.2 Å². The van der Waals surface area contributed by atoms with Gasteiger partial charge in [-0.1, -0.05) is 57.6 Å². The second kappa shape index (κ2) is 17.6. The topological polar surface area (TPSA) is 158 Å². The second-order valence-corrected chi connectivity index (χ2v) is 15.0. The molecule has 13 nitrogen and oxygen atoms in total. The van der Waals surface area contributed by atoms with Gasteiger partial charge in [0.2, 0.25) is 11.8 Å². The van der Waals surface area contributed by atoms with Gasteiger partial charge < -0.3 is 34.9 Å². The van der Waals surface area contributed by atoms with Gasteiger partial charge in [0.15, 0.2) is 0 Å². The number of H-pyrrole nitrogens is 1. The van der Waals surface area contributed by atoms with Crippen molar-refractivity contribution < 1.29 is 28.7 Å². The third kappa shape index (κ3) is 9.06. The summed E-state index contributed by atoms with van der Waals surface area (Å²) >= 11 is 0. The molecule has 0 bridgehead atoms. The third-order valence-electron chi connectivity index (χ3n) is 10.5. The van der Waals surface area contributed by atoms with Crippen molar-refractivity contribution >= 4 is 40.5 Å². The lowest BCUT2D eigenvalue weighted by Crippen LogP contribution is -2.53. The lowest BCUT2D eigenvalue weighted by Gasteiger charge is -2.31. The zero-order valence-electron chi connectivity index (χ0n) is 32.8. The lowest BCUT2D eigenvalue weighted by atomic mass is 10.00. The van der Waals surface area contributed by atoms with Gasteiger partial charge in [-0.15, -0.1) is 0 Å². The number of carbonyl (C=O) groups excluding carboxylic acids is 4. The Morgan fingerprint density at radius 2 is 1.30 bits per heavy atom. The monoisotopic (exact) mass is 759 g/mol. The zero-order valence-corrected chi connectivity index (χ0v) is 32.8. The lowest BCUT2D eigenvalue weighted by molar-refractivity contribution is -0.135. The molecule has 3 N–H and O–H groups in total. The van der Waals surface area contributed by atoms with Gasteiger partial charge in [0, 0.05) is 48.1 Å². The number of aliphatic imine (C=N–C) groups is 1. The summed E-state index contributed by atoms with van der Waals surface area (Å²) < 4.78 is 9.48. The van der Waals surface area contributed by atoms with Crippen molar-refractivity contribution in [1.82, 2.24) is 30.4 Å². The number of nitrogens with one attached hydrogen (secondary N) is 3. The fourth-order valence-electron chi connectivity index (χ4n) is 7.44. The summed E-state index contributed by atoms with van der Waals surface area (Å²) in [5.74, 6) is 13.2. The standard InChI is InChI=1S/C43H49N7O6/c1-26(2)37(47-42(53)55-5)40(51)49-19-7-9-35(49)34-23-30(24-44-34)12-11-28-13-16-32-22-29(14-17-31(32)21-28)15-18-33-25-45-39(46-33)36-10-8-20-50(36)41(52)38(27(3)4)48-43(54)56-6/h13-14,16-17,21-22,24-27,35-38H,7-10,19-20,23H2,1-6H3,(H,45,46)(H,47,53)(H,48,54)/t35-,36?,37-,38-/m0/s1. The maximum Gasteiger partial charge on any atom is 0.407 e. The summed E-state index contributed by atoms with van der Waals surface area (Å²) in [6, 6.07) is 10.4. The molecule has 3 aromatic rings. The van der Waals surface area contributed by atoms with E-state index in [9.17, 15) is 19.2 Å². The fraction of sp³-hybridized carbons (Fsp3) is 0.442. The number of ether oxygens (including phenoxy) is 2. The number of allylic oxidation sites excluding steroid dienone is 1. The molecular formula is C43H49N7O6. The van der Waals surface area contributed by atoms with Crippen LogP contribution >= 0.6 is 0 Å². The highest BCUT2D eigenvalue weighted by atomic mass is 16.5. The van der Waals surface area contributed by atoms with Gasteiger partial charge in [-0.05, 0) is 78.5 Å². The van der Waals surface area contributed by atoms with Gasteiger partial charge in [-0.25, -0.2) is 14.6 Å². The number of hydrogen-bond acceptors (Lipinski definition) is 8. The molecule has 2 aromatic carbocycles. The van der Waals surface area contributed by atoms with Gasteiger partial charge in [0.1, 0.15) is 23.6 Å². The van der Waals surface area contributed by atoms with E-state index in [1.807, 2.05) is 62.9 Å². The third-order valence-corrected chi connectivity index (χ3v) is 10.5. The average molecular weight is 760 g/mol. The van der Waals surface area contributed by atoms with Crippen molar-refractivity contribution in [3.8, 4) is 23.7 Å². The van der Waals surface area contributed by atoms with Crippen LogP contribution in [0, 0.1) is 35.5 Å². The van der Waals surface area contributed by atoms with E-state index in [-0.39, 0.29) is 35.7 Å². The number of amides is 4. The molecule has 2 saturated heterocycles. The van der Waals surface area contributed by atoms with Crippen molar-refractivity contribution in [3.63, 3.8) is 0 Å². The first kappa shape index (κ1) is 39.6. The number of benzene rings is 2. The van der Waals surface area contributed by atoms with Crippen LogP contribution in [0.2, 0.25) is 0 Å². The van der Waals surface area contributed by atoms with Crippen LogP contribution in [0.25, 0.3) is 10.8 Å². The molecule has 0 saturated carbocycles. The molecule has 2 fully saturated rings. The Hall–Kier alpha value is -6.08. The maximum absolute atomic E-state index is 13.5. The highest BCUT2D eigenvalue weighted by Gasteiger charge is 2.39. The number of aromatic nitrogens is 2. The van der Waals surface area contributed by atoms with Crippen LogP contribution < -0.4 is 10.6 Å². The Kier molecular flexibility index (Phi) is 12.4. The smallest absolute Gasteiger partial charge is 0.407 e. The van der Waals surface area contributed by atoms with Crippen LogP contribution in [0.3, 0.4) is 0 Å². The highest BCUT2D eigenvalue weighted by Crippen LogP contribution is 2.32. The Balaban J connectivity index is 1.07. The quantitative estimate of drug-likeness (QED) is 0.258. The molecule has 56 heavy (non-hydrogen) atoms. The number of fused-ring (bicyclic) bond motifs is 1. The van der Waals surface area contributed by atoms with Gasteiger partial charge in [0.05, 0.1) is 32.5 Å². The molecule has 0 radical (unpaired) electrons. The summed E-state index contributed by atoms with van der Waals surface area (Å²) in [5.41, 5.74) is 4.18. The largest absolute Gasteiger partial charge is 0.453 e. The molecule has 3 aliphatic heterocycles. The van der Waals surface area contributed by atoms with Crippen molar-refractivity contribution in [1.29, 1.82) is 0 Å². The van der Waals surface area contributed by atoms with Crippen LogP contribution in [0.5, 0.6) is 0 Å². The fourth-order valence-corrected chi connectivity index (χ4v) is 7.44. The molecule has 1 unspecified atom stereocenters. The number of methoxy groups -OCH3 is 2. The number of alkyl carbamates (subject to hydrolysis) is 2. The summed E-state index contributed by atoms with van der Waals surface area (Å²) in [6.45, 7) is 8.78. The van der Waals surface area contributed by atoms with E-state index in [2.05, 4.69) is 55.3 Å². The first-order valence-electron chi connectivity index (χ1n) is 19.1. The minimum atomic E-state index is -0.697. The molecule has 3 aliphatic rings. The van der Waals surface area contributed by atoms with Crippen LogP contribution in [-0.4, -0.2) is 94.9 Å². The number of aromatic amines is 1. The minimum absolute atomic E-state index is 0.0940. The van der Waals surface area contributed by atoms with Crippen LogP contribution in [0.1, 0.15) is 88.5 Å². The molecular weight excluding hydrogens is 711 g/mol. The Morgan fingerprint density at radius 1 is 0.768 bits per heavy atom. The molecule has 6 rings (SSSR count). The molecule has 4 atom stereocenters. The molecule has 4 heterocycles. The average Bonchev–Trinajstić information content (AvgIpc) is 4.03. The minimum Gasteiger partial charge on any atom is -0.453 e. The van der Waals surface area contributed by atoms with Crippen molar-refractivity contribution in [2.75, 3.05) is 27.3 Å². The number of nitrogens with zero attached hydrogens (tertiary/aromatic N) is 4. The van der Waals surface area contributed by atoms with Gasteiger partial charge in [0.25, 0.3) is 0 Å². The highest BCUT2D eigenvalue weighted by molar-refractivity contribution is 5.99. The van der Waals surface area contributed by atoms with Crippen LogP contribution in [-0.2, 0) is 19.1 Å². The molecule has 0 spiro atoms. The molecule has 4 amide bonds. The first-order chi connectivity index (χ1) is 26.9. The van der Waals surface area contributed by atoms with Crippen LogP contribution in [0.4, 0.5) is 9.59 Å². The number of likely N-dealkylation sites (tertiary alicyclic amines) is 2. The summed E-state index contributed by atoms with van der Waals surface area (Å²) in [5, 5.41) is 7.44. The van der Waals surface area contributed by atoms with E-state index in [0.717, 1.165) is 58.9 Å². The van der Waals surface area contributed by atoms with E-state index < -0.39 is 24.3 Å². The number of rotatable bonds is 8. The Labute approximate surface area is 327 Å². The predicted molar refractivity (Wildman–Crippen MR) is 212 cm³/mol. The normalized spacial score (nSPS) is 18.7. The maximum atomic E-state index is 13.5. The Bertz CT molecular complexity index is 2180. The van der Waals surface area contributed by atoms with E-state index in [1.54, 1.807) is 17.3 Å². The number of carbonyl (C=O) groups is 4. The summed E-state index contributed by atoms with van der Waals surface area (Å²) in [4.78, 5) is 66.9. The number of hydrogen-bond donors (Lipinski definition) is 3. The molecule has 292 valence electrons. The SMILES string of the molecule is COC(=O)N[C@H](C(=O)N1CCCC1c1ncc(C#Cc2ccc3cc(C#CC4=CN=C([C@@H]5CCCN5C(=O)[C@@H](NC(=O)OC)C(C)C)C4)ccc3c2)[nH]1)C(C)C. The van der Waals surface area contributed by atoms with Crippen molar-refractivity contribution in [2.24, 2.45) is 16.8 Å². The van der Waals surface area contributed by atoms with E-state index in [4.69, 9.17) is 9.47 Å². The Morgan fingerprint density at radius 3 is 1.86 bits per heavy atom. The molecule has 0 aliphatic carbocycles. The predicted octanol–water partition coefficient (Wildman–Crippen LogP) is 5.46.